The number of hydrogen-bond donors (Lipinski definition) is 2. The Balaban J connectivity index is 2.04. The highest BCUT2D eigenvalue weighted by molar-refractivity contribution is 6.33. The lowest BCUT2D eigenvalue weighted by Gasteiger charge is -2.18. The van der Waals surface area contributed by atoms with Crippen LogP contribution in [0.5, 0.6) is 5.75 Å². The minimum atomic E-state index is -0.924. The van der Waals surface area contributed by atoms with E-state index >= 15 is 0 Å². The Hall–Kier alpha value is -2.87. The van der Waals surface area contributed by atoms with Crippen molar-refractivity contribution in [1.29, 1.82) is 0 Å². The van der Waals surface area contributed by atoms with Gasteiger partial charge in [-0.1, -0.05) is 12.1 Å². The minimum Gasteiger partial charge on any atom is -0.495 e. The van der Waals surface area contributed by atoms with Gasteiger partial charge < -0.3 is 14.9 Å². The Morgan fingerprint density at radius 2 is 2.04 bits per heavy atom. The summed E-state index contributed by atoms with van der Waals surface area (Å²) in [5.74, 6) is -1.35. The summed E-state index contributed by atoms with van der Waals surface area (Å²) in [5, 5.41) is 0. The first kappa shape index (κ1) is 15.0. The molecule has 1 aromatic carbocycles. The number of carbonyl (C=O) groups excluding carboxylic acids is 3. The molecule has 2 aliphatic rings. The number of hydrogen-bond acceptors (Lipinski definition) is 7. The molecule has 3 rings (SSSR count). The van der Waals surface area contributed by atoms with E-state index in [1.165, 1.54) is 7.11 Å². The van der Waals surface area contributed by atoms with Crippen molar-refractivity contribution in [1.82, 2.24) is 10.9 Å². The van der Waals surface area contributed by atoms with E-state index in [-0.39, 0.29) is 17.9 Å². The predicted molar refractivity (Wildman–Crippen MR) is 79.2 cm³/mol. The van der Waals surface area contributed by atoms with Crippen LogP contribution in [-0.2, 0) is 19.1 Å². The molecule has 0 aliphatic carbocycles. The average molecular weight is 317 g/mol. The Bertz CT molecular complexity index is 728. The zero-order valence-electron chi connectivity index (χ0n) is 12.6. The number of para-hydroxylation sites is 2. The van der Waals surface area contributed by atoms with Crippen LogP contribution in [0.3, 0.4) is 0 Å². The van der Waals surface area contributed by atoms with E-state index in [2.05, 4.69) is 10.9 Å². The van der Waals surface area contributed by atoms with Gasteiger partial charge in [0.1, 0.15) is 17.5 Å². The molecule has 0 aromatic heterocycles. The number of anilines is 1. The van der Waals surface area contributed by atoms with Gasteiger partial charge in [-0.2, -0.15) is 0 Å². The lowest BCUT2D eigenvalue weighted by atomic mass is 10.1. The van der Waals surface area contributed by atoms with Gasteiger partial charge in [-0.25, -0.2) is 15.1 Å². The third kappa shape index (κ3) is 2.23. The summed E-state index contributed by atoms with van der Waals surface area (Å²) in [7, 11) is 1.45. The highest BCUT2D eigenvalue weighted by atomic mass is 16.5. The summed E-state index contributed by atoms with van der Waals surface area (Å²) >= 11 is 0. The molecule has 1 atom stereocenters. The number of nitrogens with one attached hydrogen (secondary N) is 2. The van der Waals surface area contributed by atoms with E-state index in [9.17, 15) is 14.4 Å². The number of amides is 2. The van der Waals surface area contributed by atoms with Gasteiger partial charge in [0.25, 0.3) is 11.8 Å². The zero-order valence-corrected chi connectivity index (χ0v) is 12.6. The number of nitrogens with zero attached hydrogens (tertiary/aromatic N) is 1. The number of methoxy groups -OCH3 is 1. The number of imide groups is 1. The van der Waals surface area contributed by atoms with Crippen LogP contribution >= 0.6 is 0 Å². The van der Waals surface area contributed by atoms with Crippen molar-refractivity contribution in [2.45, 2.75) is 13.0 Å². The van der Waals surface area contributed by atoms with Gasteiger partial charge in [-0.3, -0.25) is 9.59 Å². The number of fused-ring (bicyclic) bond motifs is 1. The number of rotatable bonds is 4. The fraction of sp³-hybridized carbons (Fsp3) is 0.267. The third-order valence-electron chi connectivity index (χ3n) is 3.61. The summed E-state index contributed by atoms with van der Waals surface area (Å²) in [6.45, 7) is 1.83. The van der Waals surface area contributed by atoms with Crippen molar-refractivity contribution in [3.8, 4) is 5.75 Å². The van der Waals surface area contributed by atoms with Crippen molar-refractivity contribution in [2.24, 2.45) is 0 Å². The Morgan fingerprint density at radius 3 is 2.74 bits per heavy atom. The van der Waals surface area contributed by atoms with E-state index in [1.807, 2.05) is 0 Å². The molecule has 2 N–H and O–H groups in total. The predicted octanol–water partition coefficient (Wildman–Crippen LogP) is -0.138. The van der Waals surface area contributed by atoms with Crippen molar-refractivity contribution in [3.63, 3.8) is 0 Å². The van der Waals surface area contributed by atoms with Crippen molar-refractivity contribution in [2.75, 3.05) is 18.6 Å². The van der Waals surface area contributed by atoms with Crippen molar-refractivity contribution in [3.05, 3.63) is 35.5 Å². The topological polar surface area (TPSA) is 97.0 Å². The van der Waals surface area contributed by atoms with Crippen LogP contribution in [0.4, 0.5) is 5.69 Å². The smallest absolute Gasteiger partial charge is 0.356 e. The molecule has 23 heavy (non-hydrogen) atoms. The van der Waals surface area contributed by atoms with E-state index in [1.54, 1.807) is 31.2 Å². The molecule has 0 saturated carbocycles. The zero-order chi connectivity index (χ0) is 16.6. The first-order chi connectivity index (χ1) is 11.1. The second kappa shape index (κ2) is 5.73. The van der Waals surface area contributed by atoms with Crippen LogP contribution in [0.15, 0.2) is 35.5 Å². The Kier molecular flexibility index (Phi) is 3.75. The molecule has 8 nitrogen and oxygen atoms in total. The summed E-state index contributed by atoms with van der Waals surface area (Å²) in [5.41, 5.74) is 5.56. The lowest BCUT2D eigenvalue weighted by molar-refractivity contribution is -0.139. The summed E-state index contributed by atoms with van der Waals surface area (Å²) in [6, 6.07) is 5.76. The molecule has 1 saturated heterocycles. The molecular formula is C15H15N3O5. The lowest BCUT2D eigenvalue weighted by Crippen LogP contribution is -2.42. The van der Waals surface area contributed by atoms with Gasteiger partial charge in [0.15, 0.2) is 0 Å². The van der Waals surface area contributed by atoms with Crippen LogP contribution in [0.2, 0.25) is 0 Å². The van der Waals surface area contributed by atoms with Crippen LogP contribution in [0.1, 0.15) is 6.92 Å². The van der Waals surface area contributed by atoms with Gasteiger partial charge in [0.05, 0.1) is 25.0 Å². The van der Waals surface area contributed by atoms with E-state index in [0.717, 1.165) is 4.90 Å². The second-order valence-electron chi connectivity index (χ2n) is 4.86. The molecule has 0 radical (unpaired) electrons. The normalized spacial score (nSPS) is 19.7. The monoisotopic (exact) mass is 317 g/mol. The first-order valence-electron chi connectivity index (χ1n) is 7.04. The molecule has 2 amide bonds. The highest BCUT2D eigenvalue weighted by Gasteiger charge is 2.51. The largest absolute Gasteiger partial charge is 0.495 e. The quantitative estimate of drug-likeness (QED) is 0.589. The number of hydrazine groups is 1. The molecule has 2 aliphatic heterocycles. The van der Waals surface area contributed by atoms with Crippen LogP contribution < -0.4 is 20.5 Å². The molecule has 120 valence electrons. The summed E-state index contributed by atoms with van der Waals surface area (Å²) < 4.78 is 10.1. The fourth-order valence-corrected chi connectivity index (χ4v) is 2.60. The fourth-order valence-electron chi connectivity index (χ4n) is 2.60. The molecule has 8 heteroatoms. The number of carbonyl (C=O) groups is 3. The van der Waals surface area contributed by atoms with Gasteiger partial charge in [0.2, 0.25) is 0 Å². The highest BCUT2D eigenvalue weighted by Crippen LogP contribution is 2.35. The number of benzene rings is 1. The molecule has 0 bridgehead atoms. The first-order valence-corrected chi connectivity index (χ1v) is 7.04. The standard InChI is InChI=1S/C15H15N3O5/c1-3-23-15(21)12-10-11(16-17-12)14(20)18(13(10)19)8-6-4-5-7-9(8)22-2/h4-7,11,16-17H,3H2,1-2H3/t11-/m0/s1. The molecule has 1 fully saturated rings. The maximum Gasteiger partial charge on any atom is 0.356 e. The number of ether oxygens (including phenoxy) is 2. The minimum absolute atomic E-state index is 0.0346. The number of esters is 1. The van der Waals surface area contributed by atoms with Gasteiger partial charge >= 0.3 is 5.97 Å². The molecule has 2 heterocycles. The maximum absolute atomic E-state index is 12.7. The SMILES string of the molecule is CCOC(=O)C1=C2C(=O)N(c3ccccc3OC)C(=O)[C@H]2NN1. The van der Waals surface area contributed by atoms with Crippen LogP contribution in [0.25, 0.3) is 0 Å². The van der Waals surface area contributed by atoms with E-state index in [4.69, 9.17) is 9.47 Å². The maximum atomic E-state index is 12.7. The Labute approximate surface area is 132 Å². The Morgan fingerprint density at radius 1 is 1.30 bits per heavy atom. The molecular weight excluding hydrogens is 302 g/mol. The molecule has 0 spiro atoms. The third-order valence-corrected chi connectivity index (χ3v) is 3.61. The second-order valence-corrected chi connectivity index (χ2v) is 4.86. The average Bonchev–Trinajstić information content (AvgIpc) is 3.09. The van der Waals surface area contributed by atoms with Gasteiger partial charge in [0, 0.05) is 0 Å². The van der Waals surface area contributed by atoms with Crippen molar-refractivity contribution < 1.29 is 23.9 Å². The van der Waals surface area contributed by atoms with E-state index < -0.39 is 23.8 Å². The van der Waals surface area contributed by atoms with Crippen LogP contribution in [0, 0.1) is 0 Å². The van der Waals surface area contributed by atoms with Crippen LogP contribution in [-0.4, -0.2) is 37.5 Å². The summed E-state index contributed by atoms with van der Waals surface area (Å²) in [6.07, 6.45) is 0. The van der Waals surface area contributed by atoms with Gasteiger partial charge in [-0.05, 0) is 19.1 Å². The summed E-state index contributed by atoms with van der Waals surface area (Å²) in [4.78, 5) is 38.2. The van der Waals surface area contributed by atoms with Gasteiger partial charge in [-0.15, -0.1) is 0 Å². The molecule has 1 aromatic rings. The van der Waals surface area contributed by atoms with Crippen molar-refractivity contribution >= 4 is 23.5 Å². The van der Waals surface area contributed by atoms with E-state index in [0.29, 0.717) is 11.4 Å². The molecule has 0 unspecified atom stereocenters.